The summed E-state index contributed by atoms with van der Waals surface area (Å²) >= 11 is 6.99. The minimum absolute atomic E-state index is 0.389. The van der Waals surface area contributed by atoms with Gasteiger partial charge in [-0.05, 0) is 30.5 Å². The van der Waals surface area contributed by atoms with Crippen LogP contribution in [0.4, 0.5) is 5.69 Å². The van der Waals surface area contributed by atoms with Crippen molar-refractivity contribution in [1.29, 1.82) is 0 Å². The lowest BCUT2D eigenvalue weighted by atomic mass is 10.3. The monoisotopic (exact) mass is 287 g/mol. The maximum Gasteiger partial charge on any atom is 0.294 e. The Labute approximate surface area is 112 Å². The number of halogens is 1. The molecule has 9 heteroatoms. The van der Waals surface area contributed by atoms with Crippen molar-refractivity contribution in [3.05, 3.63) is 39.4 Å². The van der Waals surface area contributed by atoms with E-state index < -0.39 is 11.0 Å². The highest BCUT2D eigenvalue weighted by Crippen LogP contribution is 2.14. The Bertz CT molecular complexity index is 488. The molecule has 0 amide bonds. The maximum atomic E-state index is 10.1. The van der Waals surface area contributed by atoms with Crippen molar-refractivity contribution in [2.24, 2.45) is 15.8 Å². The van der Waals surface area contributed by atoms with Gasteiger partial charge in [0.05, 0.1) is 0 Å². The van der Waals surface area contributed by atoms with E-state index in [1.165, 1.54) is 11.8 Å². The zero-order chi connectivity index (χ0) is 13.5. The number of guanidine groups is 1. The third kappa shape index (κ3) is 5.02. The van der Waals surface area contributed by atoms with Gasteiger partial charge in [0, 0.05) is 10.7 Å². The highest BCUT2D eigenvalue weighted by atomic mass is 35.5. The Morgan fingerprint density at radius 1 is 1.50 bits per heavy atom. The first-order valence-corrected chi connectivity index (χ1v) is 6.25. The number of amidine groups is 1. The number of hydrogen-bond acceptors (Lipinski definition) is 3. The number of nitrogens with two attached hydrogens (primary N) is 1. The highest BCUT2D eigenvalue weighted by Gasteiger charge is 2.02. The number of hydrogen-bond donors (Lipinski definition) is 2. The zero-order valence-corrected chi connectivity index (χ0v) is 10.9. The fraction of sp³-hybridized carbons (Fsp3) is 0.111. The van der Waals surface area contributed by atoms with Crippen LogP contribution in [0, 0.1) is 10.1 Å². The van der Waals surface area contributed by atoms with Gasteiger partial charge in [-0.15, -0.1) is 0 Å². The number of hydrazone groups is 1. The summed E-state index contributed by atoms with van der Waals surface area (Å²) in [5.74, 6) is -0.425. The first kappa shape index (κ1) is 14.3. The summed E-state index contributed by atoms with van der Waals surface area (Å²) in [7, 11) is 0. The molecule has 0 aromatic heterocycles. The molecule has 1 aromatic carbocycles. The van der Waals surface area contributed by atoms with Gasteiger partial charge in [-0.2, -0.15) is 4.99 Å². The standard InChI is InChI=1S/C9H10ClN5O2S/c1-18-9(13-8(11)14-15(16)17)12-7-4-2-6(10)3-5-7/h2-5H,1H3,(H3,11,12,13,14). The van der Waals surface area contributed by atoms with Crippen LogP contribution in [0.2, 0.25) is 5.02 Å². The molecular formula is C9H10ClN5O2S. The van der Waals surface area contributed by atoms with Gasteiger partial charge < -0.3 is 11.1 Å². The van der Waals surface area contributed by atoms with Crippen molar-refractivity contribution in [3.63, 3.8) is 0 Å². The van der Waals surface area contributed by atoms with Crippen LogP contribution in [0.1, 0.15) is 0 Å². The molecule has 0 fully saturated rings. The molecule has 0 unspecified atom stereocenters. The highest BCUT2D eigenvalue weighted by molar-refractivity contribution is 8.13. The lowest BCUT2D eigenvalue weighted by molar-refractivity contribution is -0.485. The first-order chi connectivity index (χ1) is 8.51. The van der Waals surface area contributed by atoms with Crippen molar-refractivity contribution in [2.45, 2.75) is 0 Å². The lowest BCUT2D eigenvalue weighted by Crippen LogP contribution is -2.17. The fourth-order valence-electron chi connectivity index (χ4n) is 0.991. The molecular weight excluding hydrogens is 278 g/mol. The molecule has 0 saturated carbocycles. The molecule has 1 aromatic rings. The predicted octanol–water partition coefficient (Wildman–Crippen LogP) is 1.98. The van der Waals surface area contributed by atoms with Crippen LogP contribution in [0.3, 0.4) is 0 Å². The fourth-order valence-corrected chi connectivity index (χ4v) is 1.52. The normalized spacial score (nSPS) is 12.3. The summed E-state index contributed by atoms with van der Waals surface area (Å²) in [6.07, 6.45) is 1.75. The minimum atomic E-state index is -0.904. The minimum Gasteiger partial charge on any atom is -0.363 e. The molecule has 0 aliphatic carbocycles. The van der Waals surface area contributed by atoms with Crippen molar-refractivity contribution in [2.75, 3.05) is 11.6 Å². The van der Waals surface area contributed by atoms with E-state index in [0.717, 1.165) is 5.69 Å². The molecule has 0 spiro atoms. The van der Waals surface area contributed by atoms with Crippen molar-refractivity contribution in [3.8, 4) is 0 Å². The second-order valence-corrected chi connectivity index (χ2v) is 4.18. The summed E-state index contributed by atoms with van der Waals surface area (Å²) in [4.78, 5) is 13.9. The first-order valence-electron chi connectivity index (χ1n) is 4.65. The van der Waals surface area contributed by atoms with E-state index in [1.54, 1.807) is 30.5 Å². The van der Waals surface area contributed by atoms with E-state index in [0.29, 0.717) is 10.2 Å². The second-order valence-electron chi connectivity index (χ2n) is 2.95. The SMILES string of the molecule is CSC(=N/C(N)=N\[N+](=O)[O-])Nc1ccc(Cl)cc1. The number of anilines is 1. The van der Waals surface area contributed by atoms with Crippen molar-refractivity contribution < 1.29 is 5.03 Å². The van der Waals surface area contributed by atoms with E-state index in [-0.39, 0.29) is 0 Å². The third-order valence-electron chi connectivity index (χ3n) is 1.69. The van der Waals surface area contributed by atoms with Gasteiger partial charge >= 0.3 is 0 Å². The summed E-state index contributed by atoms with van der Waals surface area (Å²) in [5.41, 5.74) is 6.01. The molecule has 0 heterocycles. The van der Waals surface area contributed by atoms with Gasteiger partial charge in [-0.25, -0.2) is 10.1 Å². The largest absolute Gasteiger partial charge is 0.363 e. The predicted molar refractivity (Wildman–Crippen MR) is 74.6 cm³/mol. The Balaban J connectivity index is 2.81. The summed E-state index contributed by atoms with van der Waals surface area (Å²) in [6.45, 7) is 0. The molecule has 0 aliphatic heterocycles. The number of nitrogens with zero attached hydrogens (tertiary/aromatic N) is 3. The maximum absolute atomic E-state index is 10.1. The molecule has 0 bridgehead atoms. The number of nitrogens with one attached hydrogen (secondary N) is 1. The Hall–Kier alpha value is -1.80. The van der Waals surface area contributed by atoms with Crippen LogP contribution >= 0.6 is 23.4 Å². The van der Waals surface area contributed by atoms with Gasteiger partial charge in [0.25, 0.3) is 5.96 Å². The summed E-state index contributed by atoms with van der Waals surface area (Å²) in [6, 6.07) is 6.90. The van der Waals surface area contributed by atoms with Crippen LogP contribution in [-0.2, 0) is 0 Å². The molecule has 0 aliphatic rings. The van der Waals surface area contributed by atoms with Crippen molar-refractivity contribution >= 4 is 40.2 Å². The van der Waals surface area contributed by atoms with Gasteiger partial charge in [-0.3, -0.25) is 0 Å². The molecule has 0 atom stereocenters. The Morgan fingerprint density at radius 2 is 2.11 bits per heavy atom. The lowest BCUT2D eigenvalue weighted by Gasteiger charge is -2.06. The smallest absolute Gasteiger partial charge is 0.294 e. The van der Waals surface area contributed by atoms with Crippen LogP contribution in [0.5, 0.6) is 0 Å². The van der Waals surface area contributed by atoms with E-state index >= 15 is 0 Å². The molecule has 3 N–H and O–H groups in total. The van der Waals surface area contributed by atoms with E-state index in [4.69, 9.17) is 17.3 Å². The topological polar surface area (TPSA) is 106 Å². The van der Waals surface area contributed by atoms with Crippen LogP contribution in [-0.4, -0.2) is 22.4 Å². The van der Waals surface area contributed by atoms with Crippen LogP contribution in [0.15, 0.2) is 34.4 Å². The number of thioether (sulfide) groups is 1. The zero-order valence-electron chi connectivity index (χ0n) is 9.33. The summed E-state index contributed by atoms with van der Waals surface area (Å²) < 4.78 is 0. The number of benzene rings is 1. The van der Waals surface area contributed by atoms with Gasteiger partial charge in [-0.1, -0.05) is 23.4 Å². The molecule has 1 rings (SSSR count). The van der Waals surface area contributed by atoms with Gasteiger partial charge in [0.2, 0.25) is 0 Å². The molecule has 7 nitrogen and oxygen atoms in total. The average Bonchev–Trinajstić information content (AvgIpc) is 2.30. The van der Waals surface area contributed by atoms with Gasteiger partial charge in [0.15, 0.2) is 10.2 Å². The average molecular weight is 288 g/mol. The Morgan fingerprint density at radius 3 is 2.61 bits per heavy atom. The molecule has 96 valence electrons. The second kappa shape index (κ2) is 6.82. The quantitative estimate of drug-likeness (QED) is 0.374. The van der Waals surface area contributed by atoms with Gasteiger partial charge in [0.1, 0.15) is 5.10 Å². The Kier molecular flexibility index (Phi) is 5.40. The molecule has 0 radical (unpaired) electrons. The van der Waals surface area contributed by atoms with E-state index in [9.17, 15) is 10.1 Å². The molecule has 18 heavy (non-hydrogen) atoms. The number of aliphatic imine (C=N–C) groups is 1. The van der Waals surface area contributed by atoms with Crippen molar-refractivity contribution in [1.82, 2.24) is 0 Å². The van der Waals surface area contributed by atoms with Crippen LogP contribution in [0.25, 0.3) is 0 Å². The number of nitro groups is 1. The van der Waals surface area contributed by atoms with Crippen LogP contribution < -0.4 is 11.1 Å². The number of rotatable bonds is 2. The third-order valence-corrected chi connectivity index (χ3v) is 2.52. The van der Waals surface area contributed by atoms with E-state index in [2.05, 4.69) is 15.4 Å². The van der Waals surface area contributed by atoms with E-state index in [1.807, 2.05) is 0 Å². The summed E-state index contributed by atoms with van der Waals surface area (Å²) in [5, 5.41) is 16.0. The molecule has 0 saturated heterocycles.